The highest BCUT2D eigenvalue weighted by molar-refractivity contribution is 6.30. The number of nitrogens with two attached hydrogens (primary N) is 1. The maximum atomic E-state index is 12.2. The van der Waals surface area contributed by atoms with Gasteiger partial charge in [-0.15, -0.1) is 0 Å². The summed E-state index contributed by atoms with van der Waals surface area (Å²) in [6.45, 7) is 2.45. The molecule has 2 rings (SSSR count). The largest absolute Gasteiger partial charge is 0.356 e. The number of carbonyl (C=O) groups excluding carboxylic acids is 2. The van der Waals surface area contributed by atoms with Gasteiger partial charge in [-0.25, -0.2) is 4.79 Å². The van der Waals surface area contributed by atoms with Gasteiger partial charge in [-0.05, 0) is 42.2 Å². The van der Waals surface area contributed by atoms with Crippen molar-refractivity contribution in [3.05, 3.63) is 70.2 Å². The molecule has 0 aliphatic rings. The number of rotatable bonds is 7. The van der Waals surface area contributed by atoms with E-state index >= 15 is 0 Å². The Hall–Kier alpha value is -2.53. The molecule has 0 saturated carbocycles. The van der Waals surface area contributed by atoms with E-state index in [9.17, 15) is 9.59 Å². The molecular formula is C19H22ClN3O2. The summed E-state index contributed by atoms with van der Waals surface area (Å²) in [7, 11) is 0. The lowest BCUT2D eigenvalue weighted by Gasteiger charge is -2.19. The Balaban J connectivity index is 1.91. The minimum atomic E-state index is -0.651. The molecule has 1 atom stereocenters. The minimum Gasteiger partial charge on any atom is -0.356 e. The number of nitrogens with one attached hydrogen (secondary N) is 2. The minimum absolute atomic E-state index is 0.133. The third-order valence-electron chi connectivity index (χ3n) is 3.92. The van der Waals surface area contributed by atoms with Crippen LogP contribution in [0, 0.1) is 6.92 Å². The molecule has 6 heteroatoms. The molecule has 1 unspecified atom stereocenters. The van der Waals surface area contributed by atoms with E-state index in [0.29, 0.717) is 18.0 Å². The predicted molar refractivity (Wildman–Crippen MR) is 99.4 cm³/mol. The smallest absolute Gasteiger partial charge is 0.312 e. The van der Waals surface area contributed by atoms with E-state index in [2.05, 4.69) is 10.6 Å². The van der Waals surface area contributed by atoms with Gasteiger partial charge in [0.15, 0.2) is 0 Å². The van der Waals surface area contributed by atoms with Crippen molar-refractivity contribution in [2.24, 2.45) is 5.73 Å². The van der Waals surface area contributed by atoms with Gasteiger partial charge in [0.2, 0.25) is 5.91 Å². The van der Waals surface area contributed by atoms with Crippen LogP contribution in [0.3, 0.4) is 0 Å². The average Bonchev–Trinajstić information content (AvgIpc) is 2.56. The molecule has 0 saturated heterocycles. The molecule has 4 N–H and O–H groups in total. The first-order chi connectivity index (χ1) is 12.0. The van der Waals surface area contributed by atoms with Gasteiger partial charge in [-0.3, -0.25) is 4.79 Å². The van der Waals surface area contributed by atoms with Crippen LogP contribution in [0.2, 0.25) is 5.02 Å². The molecule has 0 spiro atoms. The molecule has 3 amide bonds. The first-order valence-electron chi connectivity index (χ1n) is 8.08. The summed E-state index contributed by atoms with van der Waals surface area (Å²) >= 11 is 5.85. The van der Waals surface area contributed by atoms with Crippen LogP contribution in [0.4, 0.5) is 4.79 Å². The number of hydrogen-bond acceptors (Lipinski definition) is 2. The highest BCUT2D eigenvalue weighted by atomic mass is 35.5. The van der Waals surface area contributed by atoms with E-state index in [1.165, 1.54) is 0 Å². The maximum absolute atomic E-state index is 12.2. The fourth-order valence-electron chi connectivity index (χ4n) is 2.64. The fraction of sp³-hybridized carbons (Fsp3) is 0.263. The van der Waals surface area contributed by atoms with Gasteiger partial charge in [0.1, 0.15) is 0 Å². The van der Waals surface area contributed by atoms with E-state index in [0.717, 1.165) is 16.7 Å². The van der Waals surface area contributed by atoms with Crippen molar-refractivity contribution >= 4 is 23.5 Å². The Kier molecular flexibility index (Phi) is 6.83. The molecule has 0 heterocycles. The topological polar surface area (TPSA) is 84.2 Å². The lowest BCUT2D eigenvalue weighted by atomic mass is 9.98. The Morgan fingerprint density at radius 3 is 2.44 bits per heavy atom. The summed E-state index contributed by atoms with van der Waals surface area (Å²) in [5, 5.41) is 6.21. The molecule has 2 aromatic carbocycles. The van der Waals surface area contributed by atoms with Crippen LogP contribution in [0.15, 0.2) is 48.5 Å². The van der Waals surface area contributed by atoms with Crippen LogP contribution in [0.1, 0.15) is 29.2 Å². The fourth-order valence-corrected chi connectivity index (χ4v) is 2.77. The van der Waals surface area contributed by atoms with Gasteiger partial charge in [-0.2, -0.15) is 0 Å². The average molecular weight is 360 g/mol. The van der Waals surface area contributed by atoms with Crippen molar-refractivity contribution in [3.8, 4) is 0 Å². The summed E-state index contributed by atoms with van der Waals surface area (Å²) in [5.41, 5.74) is 8.22. The van der Waals surface area contributed by atoms with Gasteiger partial charge >= 0.3 is 6.03 Å². The molecule has 0 radical (unpaired) electrons. The summed E-state index contributed by atoms with van der Waals surface area (Å²) in [6, 6.07) is 14.0. The monoisotopic (exact) mass is 359 g/mol. The molecule has 132 valence electrons. The molecule has 0 aliphatic carbocycles. The van der Waals surface area contributed by atoms with E-state index in [1.54, 1.807) is 0 Å². The van der Waals surface area contributed by atoms with Gasteiger partial charge in [0.05, 0.1) is 12.5 Å². The molecule has 0 fully saturated rings. The van der Waals surface area contributed by atoms with Crippen LogP contribution in [-0.2, 0) is 11.2 Å². The number of carbonyl (C=O) groups is 2. The number of urea groups is 1. The van der Waals surface area contributed by atoms with Crippen molar-refractivity contribution < 1.29 is 9.59 Å². The van der Waals surface area contributed by atoms with Gasteiger partial charge < -0.3 is 16.4 Å². The standard InChI is InChI=1S/C19H22ClN3O2/c1-13-4-2-3-5-16(13)17(23-19(21)25)12-18(24)22-11-10-14-6-8-15(20)9-7-14/h2-9,17H,10-12H2,1H3,(H,22,24)(H3,21,23,25). The molecule has 25 heavy (non-hydrogen) atoms. The number of amides is 3. The van der Waals surface area contributed by atoms with Crippen LogP contribution < -0.4 is 16.4 Å². The third kappa shape index (κ3) is 6.12. The normalized spacial score (nSPS) is 11.6. The van der Waals surface area contributed by atoms with Crippen LogP contribution in [-0.4, -0.2) is 18.5 Å². The van der Waals surface area contributed by atoms with Gasteiger partial charge in [0.25, 0.3) is 0 Å². The second-order valence-corrected chi connectivity index (χ2v) is 6.28. The van der Waals surface area contributed by atoms with Gasteiger partial charge in [-0.1, -0.05) is 48.0 Å². The Morgan fingerprint density at radius 1 is 1.12 bits per heavy atom. The second kappa shape index (κ2) is 9.08. The highest BCUT2D eigenvalue weighted by Gasteiger charge is 2.18. The zero-order chi connectivity index (χ0) is 18.2. The van der Waals surface area contributed by atoms with E-state index in [-0.39, 0.29) is 12.3 Å². The van der Waals surface area contributed by atoms with E-state index in [1.807, 2.05) is 55.5 Å². The predicted octanol–water partition coefficient (Wildman–Crippen LogP) is 3.11. The van der Waals surface area contributed by atoms with Crippen LogP contribution >= 0.6 is 11.6 Å². The first kappa shape index (κ1) is 18.8. The van der Waals surface area contributed by atoms with E-state index < -0.39 is 12.1 Å². The molecule has 0 bridgehead atoms. The second-order valence-electron chi connectivity index (χ2n) is 5.85. The third-order valence-corrected chi connectivity index (χ3v) is 4.17. The van der Waals surface area contributed by atoms with Crippen LogP contribution in [0.25, 0.3) is 0 Å². The first-order valence-corrected chi connectivity index (χ1v) is 8.46. The van der Waals surface area contributed by atoms with Crippen molar-refractivity contribution in [2.75, 3.05) is 6.54 Å². The lowest BCUT2D eigenvalue weighted by Crippen LogP contribution is -2.37. The van der Waals surface area contributed by atoms with Crippen molar-refractivity contribution in [2.45, 2.75) is 25.8 Å². The number of benzene rings is 2. The Morgan fingerprint density at radius 2 is 1.80 bits per heavy atom. The van der Waals surface area contributed by atoms with Gasteiger partial charge in [0, 0.05) is 11.6 Å². The lowest BCUT2D eigenvalue weighted by molar-refractivity contribution is -0.121. The molecule has 0 aromatic heterocycles. The Bertz CT molecular complexity index is 732. The van der Waals surface area contributed by atoms with E-state index in [4.69, 9.17) is 17.3 Å². The number of aryl methyl sites for hydroxylation is 1. The highest BCUT2D eigenvalue weighted by Crippen LogP contribution is 2.20. The number of halogens is 1. The summed E-state index contributed by atoms with van der Waals surface area (Å²) in [4.78, 5) is 23.5. The molecule has 2 aromatic rings. The van der Waals surface area contributed by atoms with Crippen molar-refractivity contribution in [1.82, 2.24) is 10.6 Å². The van der Waals surface area contributed by atoms with Crippen molar-refractivity contribution in [3.63, 3.8) is 0 Å². The SMILES string of the molecule is Cc1ccccc1C(CC(=O)NCCc1ccc(Cl)cc1)NC(N)=O. The number of primary amides is 1. The molecule has 5 nitrogen and oxygen atoms in total. The molecule has 0 aliphatic heterocycles. The van der Waals surface area contributed by atoms with Crippen LogP contribution in [0.5, 0.6) is 0 Å². The summed E-state index contributed by atoms with van der Waals surface area (Å²) in [6.07, 6.45) is 0.843. The quantitative estimate of drug-likeness (QED) is 0.709. The number of hydrogen-bond donors (Lipinski definition) is 3. The maximum Gasteiger partial charge on any atom is 0.312 e. The van der Waals surface area contributed by atoms with Crippen molar-refractivity contribution in [1.29, 1.82) is 0 Å². The summed E-state index contributed by atoms with van der Waals surface area (Å²) in [5.74, 6) is -0.143. The molecular weight excluding hydrogens is 338 g/mol. The zero-order valence-electron chi connectivity index (χ0n) is 14.1. The summed E-state index contributed by atoms with van der Waals surface area (Å²) < 4.78 is 0. The zero-order valence-corrected chi connectivity index (χ0v) is 14.8. The Labute approximate surface area is 152 Å².